The van der Waals surface area contributed by atoms with Gasteiger partial charge in [-0.15, -0.1) is 11.8 Å². The zero-order chi connectivity index (χ0) is 19.2. The molecule has 0 aliphatic carbocycles. The Morgan fingerprint density at radius 1 is 1.26 bits per heavy atom. The lowest BCUT2D eigenvalue weighted by Crippen LogP contribution is -2.35. The van der Waals surface area contributed by atoms with Crippen LogP contribution in [0, 0.1) is 5.82 Å². The van der Waals surface area contributed by atoms with Crippen molar-refractivity contribution in [2.45, 2.75) is 23.5 Å². The predicted octanol–water partition coefficient (Wildman–Crippen LogP) is 4.30. The molecule has 0 aromatic heterocycles. The molecule has 1 heterocycles. The van der Waals surface area contributed by atoms with Gasteiger partial charge in [0, 0.05) is 22.8 Å². The van der Waals surface area contributed by atoms with Gasteiger partial charge in [-0.05, 0) is 42.3 Å². The monoisotopic (exact) mass is 385 g/mol. The van der Waals surface area contributed by atoms with Crippen LogP contribution < -0.4 is 4.90 Å². The number of nitrogens with zero attached hydrogens (tertiary/aromatic N) is 1. The molecule has 0 N–H and O–H groups in total. The fourth-order valence-corrected chi connectivity index (χ4v) is 3.89. The lowest BCUT2D eigenvalue weighted by Gasteiger charge is -2.22. The molecule has 0 radical (unpaired) electrons. The number of amides is 1. The van der Waals surface area contributed by atoms with Crippen LogP contribution in [0.2, 0.25) is 0 Å². The maximum atomic E-state index is 13.1. The van der Waals surface area contributed by atoms with E-state index in [4.69, 9.17) is 4.74 Å². The zero-order valence-electron chi connectivity index (χ0n) is 14.9. The highest BCUT2D eigenvalue weighted by Gasteiger charge is 2.24. The van der Waals surface area contributed by atoms with Crippen molar-refractivity contribution in [3.05, 3.63) is 66.0 Å². The third-order valence-electron chi connectivity index (χ3n) is 4.14. The Hall–Kier alpha value is -2.60. The minimum absolute atomic E-state index is 0.260. The number of anilines is 1. The van der Waals surface area contributed by atoms with Gasteiger partial charge in [0.15, 0.2) is 6.61 Å². The van der Waals surface area contributed by atoms with E-state index >= 15 is 0 Å². The number of fused-ring (bicyclic) bond motifs is 1. The molecule has 3 rings (SSSR count). The van der Waals surface area contributed by atoms with Crippen molar-refractivity contribution in [3.8, 4) is 0 Å². The number of hydrogen-bond donors (Lipinski definition) is 0. The summed E-state index contributed by atoms with van der Waals surface area (Å²) in [5, 5.41) is 0.403. The van der Waals surface area contributed by atoms with Gasteiger partial charge in [-0.2, -0.15) is 0 Å². The molecule has 2 aromatic rings. The number of esters is 1. The summed E-state index contributed by atoms with van der Waals surface area (Å²) in [7, 11) is 0. The maximum absolute atomic E-state index is 13.1. The van der Waals surface area contributed by atoms with Crippen molar-refractivity contribution < 1.29 is 18.7 Å². The Kier molecular flexibility index (Phi) is 6.29. The summed E-state index contributed by atoms with van der Waals surface area (Å²) in [6.45, 7) is 2.38. The quantitative estimate of drug-likeness (QED) is 0.582. The molecule has 0 bridgehead atoms. The molecule has 1 aliphatic heterocycles. The molecular formula is C21H20FNO3S. The average Bonchev–Trinajstić information content (AvgIpc) is 2.82. The predicted molar refractivity (Wildman–Crippen MR) is 105 cm³/mol. The van der Waals surface area contributed by atoms with E-state index in [-0.39, 0.29) is 18.3 Å². The van der Waals surface area contributed by atoms with Gasteiger partial charge < -0.3 is 9.64 Å². The lowest BCUT2D eigenvalue weighted by molar-refractivity contribution is -0.142. The molecule has 1 aliphatic rings. The summed E-state index contributed by atoms with van der Waals surface area (Å²) < 4.78 is 18.2. The summed E-state index contributed by atoms with van der Waals surface area (Å²) >= 11 is 1.74. The molecule has 0 spiro atoms. The summed E-state index contributed by atoms with van der Waals surface area (Å²) in [5.41, 5.74) is 1.40. The Labute approximate surface area is 162 Å². The topological polar surface area (TPSA) is 46.6 Å². The Morgan fingerprint density at radius 3 is 2.89 bits per heavy atom. The number of thioether (sulfide) groups is 1. The minimum Gasteiger partial charge on any atom is -0.452 e. The SMILES string of the molecule is C[C@@H]1CCN(C(=O)COC(=O)/C=C/c2cccc(F)c2)c2ccccc2S1. The Bertz CT molecular complexity index is 868. The van der Waals surface area contributed by atoms with Crippen molar-refractivity contribution in [3.63, 3.8) is 0 Å². The molecule has 1 atom stereocenters. The number of carbonyl (C=O) groups excluding carboxylic acids is 2. The largest absolute Gasteiger partial charge is 0.452 e. The Morgan fingerprint density at radius 2 is 2.07 bits per heavy atom. The molecule has 4 nitrogen and oxygen atoms in total. The maximum Gasteiger partial charge on any atom is 0.331 e. The highest BCUT2D eigenvalue weighted by molar-refractivity contribution is 8.00. The molecule has 0 unspecified atom stereocenters. The molecular weight excluding hydrogens is 365 g/mol. The molecule has 27 heavy (non-hydrogen) atoms. The second-order valence-electron chi connectivity index (χ2n) is 6.23. The fraction of sp³-hybridized carbons (Fsp3) is 0.238. The van der Waals surface area contributed by atoms with E-state index in [2.05, 4.69) is 6.92 Å². The summed E-state index contributed by atoms with van der Waals surface area (Å²) in [5.74, 6) is -1.28. The second-order valence-corrected chi connectivity index (χ2v) is 7.71. The molecule has 1 amide bonds. The Balaban J connectivity index is 1.61. The van der Waals surface area contributed by atoms with E-state index in [9.17, 15) is 14.0 Å². The van der Waals surface area contributed by atoms with E-state index in [1.807, 2.05) is 24.3 Å². The fourth-order valence-electron chi connectivity index (χ4n) is 2.78. The number of ether oxygens (including phenoxy) is 1. The normalized spacial score (nSPS) is 16.7. The molecule has 0 fully saturated rings. The number of carbonyl (C=O) groups is 2. The van der Waals surface area contributed by atoms with E-state index in [0.29, 0.717) is 17.4 Å². The van der Waals surface area contributed by atoms with E-state index in [0.717, 1.165) is 17.0 Å². The molecule has 2 aromatic carbocycles. The highest BCUT2D eigenvalue weighted by atomic mass is 32.2. The van der Waals surface area contributed by atoms with Crippen LogP contribution in [-0.4, -0.2) is 30.3 Å². The number of para-hydroxylation sites is 1. The van der Waals surface area contributed by atoms with Crippen LogP contribution in [0.3, 0.4) is 0 Å². The van der Waals surface area contributed by atoms with Gasteiger partial charge in [0.25, 0.3) is 5.91 Å². The van der Waals surface area contributed by atoms with E-state index in [1.54, 1.807) is 28.8 Å². The average molecular weight is 385 g/mol. The highest BCUT2D eigenvalue weighted by Crippen LogP contribution is 2.37. The van der Waals surface area contributed by atoms with Crippen molar-refractivity contribution in [1.82, 2.24) is 0 Å². The van der Waals surface area contributed by atoms with Gasteiger partial charge in [-0.1, -0.05) is 31.2 Å². The van der Waals surface area contributed by atoms with Crippen molar-refractivity contribution in [2.75, 3.05) is 18.1 Å². The molecule has 0 saturated heterocycles. The van der Waals surface area contributed by atoms with Gasteiger partial charge in [0.05, 0.1) is 5.69 Å². The lowest BCUT2D eigenvalue weighted by atomic mass is 10.2. The van der Waals surface area contributed by atoms with Gasteiger partial charge in [0.1, 0.15) is 5.82 Å². The molecule has 0 saturated carbocycles. The third-order valence-corrected chi connectivity index (χ3v) is 5.38. The van der Waals surface area contributed by atoms with Crippen molar-refractivity contribution >= 4 is 35.4 Å². The van der Waals surface area contributed by atoms with Crippen LogP contribution in [0.4, 0.5) is 10.1 Å². The first-order chi connectivity index (χ1) is 13.0. The van der Waals surface area contributed by atoms with Crippen LogP contribution in [-0.2, 0) is 14.3 Å². The smallest absolute Gasteiger partial charge is 0.331 e. The van der Waals surface area contributed by atoms with E-state index < -0.39 is 5.97 Å². The van der Waals surface area contributed by atoms with Gasteiger partial charge in [-0.25, -0.2) is 9.18 Å². The van der Waals surface area contributed by atoms with E-state index in [1.165, 1.54) is 24.3 Å². The van der Waals surface area contributed by atoms with Crippen molar-refractivity contribution in [1.29, 1.82) is 0 Å². The molecule has 140 valence electrons. The van der Waals surface area contributed by atoms with Gasteiger partial charge in [0.2, 0.25) is 0 Å². The number of hydrogen-bond acceptors (Lipinski definition) is 4. The summed E-state index contributed by atoms with van der Waals surface area (Å²) in [6.07, 6.45) is 3.50. The first-order valence-electron chi connectivity index (χ1n) is 8.69. The number of halogens is 1. The minimum atomic E-state index is -0.640. The van der Waals surface area contributed by atoms with Crippen LogP contribution in [0.1, 0.15) is 18.9 Å². The standard InChI is InChI=1S/C21H20FNO3S/c1-15-11-12-23(18-7-2-3-8-19(18)27-15)20(24)14-26-21(25)10-9-16-5-4-6-17(22)13-16/h2-10,13,15H,11-12,14H2,1H3/b10-9+/t15-/m1/s1. The molecule has 6 heteroatoms. The number of benzene rings is 2. The second kappa shape index (κ2) is 8.86. The van der Waals surface area contributed by atoms with Gasteiger partial charge in [-0.3, -0.25) is 4.79 Å². The van der Waals surface area contributed by atoms with Crippen molar-refractivity contribution in [2.24, 2.45) is 0 Å². The van der Waals surface area contributed by atoms with Crippen LogP contribution >= 0.6 is 11.8 Å². The zero-order valence-corrected chi connectivity index (χ0v) is 15.7. The van der Waals surface area contributed by atoms with Crippen LogP contribution in [0.25, 0.3) is 6.08 Å². The number of rotatable bonds is 4. The van der Waals surface area contributed by atoms with Crippen LogP contribution in [0.5, 0.6) is 0 Å². The first-order valence-corrected chi connectivity index (χ1v) is 9.57. The van der Waals surface area contributed by atoms with Gasteiger partial charge >= 0.3 is 5.97 Å². The van der Waals surface area contributed by atoms with Crippen LogP contribution in [0.15, 0.2) is 59.5 Å². The first kappa shape index (κ1) is 19.2. The third kappa shape index (κ3) is 5.20. The summed E-state index contributed by atoms with van der Waals surface area (Å²) in [4.78, 5) is 27.2. The summed E-state index contributed by atoms with van der Waals surface area (Å²) in [6, 6.07) is 13.6.